The highest BCUT2D eigenvalue weighted by atomic mass is 16.1. The minimum absolute atomic E-state index is 0.156. The lowest BCUT2D eigenvalue weighted by Gasteiger charge is -2.17. The summed E-state index contributed by atoms with van der Waals surface area (Å²) in [5, 5.41) is 3.10. The molecule has 2 rings (SSSR count). The summed E-state index contributed by atoms with van der Waals surface area (Å²) in [6.07, 6.45) is 4.46. The van der Waals surface area contributed by atoms with Crippen LogP contribution in [0.4, 0.5) is 5.69 Å². The molecule has 1 N–H and O–H groups in total. The Morgan fingerprint density at radius 2 is 1.94 bits per heavy atom. The van der Waals surface area contributed by atoms with E-state index in [0.29, 0.717) is 0 Å². The van der Waals surface area contributed by atoms with Gasteiger partial charge in [-0.25, -0.2) is 0 Å². The van der Waals surface area contributed by atoms with Gasteiger partial charge in [-0.05, 0) is 31.5 Å². The summed E-state index contributed by atoms with van der Waals surface area (Å²) in [5.74, 6) is 0. The molecule has 0 aromatic heterocycles. The molecule has 0 saturated carbocycles. The van der Waals surface area contributed by atoms with Gasteiger partial charge in [-0.2, -0.15) is 0 Å². The minimum atomic E-state index is 0.156. The Morgan fingerprint density at radius 3 is 2.29 bits per heavy atom. The Bertz CT molecular complexity index is 305. The van der Waals surface area contributed by atoms with E-state index in [0.717, 1.165) is 19.3 Å². The molecule has 1 fully saturated rings. The number of carbonyl (C=O) groups excluding carboxylic acids is 1. The van der Waals surface area contributed by atoms with E-state index in [1.807, 2.05) is 32.3 Å². The maximum Gasteiger partial charge on any atom is 0.136 e. The van der Waals surface area contributed by atoms with Crippen LogP contribution in [-0.4, -0.2) is 33.0 Å². The second kappa shape index (κ2) is 7.85. The number of carbonyl (C=O) groups is 1. The lowest BCUT2D eigenvalue weighted by atomic mass is 10.1. The van der Waals surface area contributed by atoms with Crippen molar-refractivity contribution in [2.75, 3.05) is 25.5 Å². The van der Waals surface area contributed by atoms with E-state index in [1.165, 1.54) is 18.5 Å². The molecule has 1 aliphatic rings. The smallest absolute Gasteiger partial charge is 0.136 e. The van der Waals surface area contributed by atoms with Crippen molar-refractivity contribution < 1.29 is 4.79 Å². The van der Waals surface area contributed by atoms with Crippen LogP contribution in [0.2, 0.25) is 0 Å². The quantitative estimate of drug-likeness (QED) is 0.795. The number of hydrogen-bond acceptors (Lipinski definition) is 3. The van der Waals surface area contributed by atoms with E-state index in [9.17, 15) is 4.79 Å². The largest absolute Gasteiger partial charge is 0.378 e. The number of para-hydroxylation sites is 1. The van der Waals surface area contributed by atoms with Gasteiger partial charge < -0.3 is 15.0 Å². The SMILES string of the molecule is CN(C)c1ccccc1.O=CC1CCCCN1. The van der Waals surface area contributed by atoms with Crippen LogP contribution in [0.5, 0.6) is 0 Å². The van der Waals surface area contributed by atoms with Crippen molar-refractivity contribution in [1.82, 2.24) is 5.32 Å². The first-order chi connectivity index (χ1) is 8.24. The second-order valence-corrected chi connectivity index (χ2v) is 4.42. The van der Waals surface area contributed by atoms with Gasteiger partial charge in [0.25, 0.3) is 0 Å². The molecule has 1 atom stereocenters. The summed E-state index contributed by atoms with van der Waals surface area (Å²) in [6, 6.07) is 10.4. The van der Waals surface area contributed by atoms with Crippen LogP contribution in [0.25, 0.3) is 0 Å². The van der Waals surface area contributed by atoms with Crippen molar-refractivity contribution in [3.05, 3.63) is 30.3 Å². The molecule has 0 spiro atoms. The first-order valence-electron chi connectivity index (χ1n) is 6.15. The van der Waals surface area contributed by atoms with E-state index < -0.39 is 0 Å². The summed E-state index contributed by atoms with van der Waals surface area (Å²) in [6.45, 7) is 1.02. The molecule has 1 saturated heterocycles. The van der Waals surface area contributed by atoms with E-state index in [4.69, 9.17) is 0 Å². The maximum atomic E-state index is 10.1. The zero-order chi connectivity index (χ0) is 12.5. The predicted octanol–water partition coefficient (Wildman–Crippen LogP) is 2.08. The molecule has 3 heteroatoms. The van der Waals surface area contributed by atoms with Crippen molar-refractivity contribution in [1.29, 1.82) is 0 Å². The Labute approximate surface area is 104 Å². The van der Waals surface area contributed by atoms with E-state index >= 15 is 0 Å². The number of benzene rings is 1. The zero-order valence-electron chi connectivity index (χ0n) is 10.7. The molecule has 1 aromatic rings. The summed E-state index contributed by atoms with van der Waals surface area (Å²) in [5.41, 5.74) is 1.25. The number of rotatable bonds is 2. The number of piperidine rings is 1. The first-order valence-corrected chi connectivity index (χ1v) is 6.15. The van der Waals surface area contributed by atoms with Crippen molar-refractivity contribution in [3.63, 3.8) is 0 Å². The highest BCUT2D eigenvalue weighted by Crippen LogP contribution is 2.07. The topological polar surface area (TPSA) is 32.3 Å². The first kappa shape index (κ1) is 13.7. The van der Waals surface area contributed by atoms with Crippen molar-refractivity contribution >= 4 is 12.0 Å². The summed E-state index contributed by atoms with van der Waals surface area (Å²) >= 11 is 0. The fourth-order valence-electron chi connectivity index (χ4n) is 1.72. The lowest BCUT2D eigenvalue weighted by molar-refractivity contribution is -0.110. The number of anilines is 1. The molecule has 1 heterocycles. The van der Waals surface area contributed by atoms with Gasteiger partial charge in [-0.1, -0.05) is 24.6 Å². The number of nitrogens with one attached hydrogen (secondary N) is 1. The highest BCUT2D eigenvalue weighted by molar-refractivity contribution is 5.57. The van der Waals surface area contributed by atoms with Crippen LogP contribution in [0.15, 0.2) is 30.3 Å². The summed E-state index contributed by atoms with van der Waals surface area (Å²) < 4.78 is 0. The van der Waals surface area contributed by atoms with E-state index in [1.54, 1.807) is 0 Å². The van der Waals surface area contributed by atoms with Crippen molar-refractivity contribution in [2.45, 2.75) is 25.3 Å². The number of nitrogens with zero attached hydrogens (tertiary/aromatic N) is 1. The van der Waals surface area contributed by atoms with Gasteiger partial charge in [0, 0.05) is 19.8 Å². The molecule has 0 bridgehead atoms. The molecule has 1 aliphatic heterocycles. The fraction of sp³-hybridized carbons (Fsp3) is 0.500. The fourth-order valence-corrected chi connectivity index (χ4v) is 1.72. The van der Waals surface area contributed by atoms with E-state index in [2.05, 4.69) is 22.3 Å². The minimum Gasteiger partial charge on any atom is -0.378 e. The molecule has 3 nitrogen and oxygen atoms in total. The molecule has 17 heavy (non-hydrogen) atoms. The Hall–Kier alpha value is -1.35. The van der Waals surface area contributed by atoms with Crippen LogP contribution in [-0.2, 0) is 4.79 Å². The summed E-state index contributed by atoms with van der Waals surface area (Å²) in [7, 11) is 4.07. The number of aldehydes is 1. The monoisotopic (exact) mass is 234 g/mol. The standard InChI is InChI=1S/C8H11N.C6H11NO/c1-9(2)8-6-4-3-5-7-8;8-5-6-3-1-2-4-7-6/h3-7H,1-2H3;5-7H,1-4H2. The van der Waals surface area contributed by atoms with Gasteiger partial charge in [-0.15, -0.1) is 0 Å². The zero-order valence-corrected chi connectivity index (χ0v) is 10.7. The third kappa shape index (κ3) is 5.50. The molecular weight excluding hydrogens is 212 g/mol. The van der Waals surface area contributed by atoms with Gasteiger partial charge in [0.15, 0.2) is 0 Å². The third-order valence-corrected chi connectivity index (χ3v) is 2.79. The van der Waals surface area contributed by atoms with Crippen LogP contribution < -0.4 is 10.2 Å². The van der Waals surface area contributed by atoms with Crippen molar-refractivity contribution in [3.8, 4) is 0 Å². The molecule has 1 aromatic carbocycles. The van der Waals surface area contributed by atoms with Gasteiger partial charge in [0.2, 0.25) is 0 Å². The summed E-state index contributed by atoms with van der Waals surface area (Å²) in [4.78, 5) is 12.2. The molecule has 94 valence electrons. The Balaban J connectivity index is 0.000000171. The van der Waals surface area contributed by atoms with Crippen LogP contribution >= 0.6 is 0 Å². The average molecular weight is 234 g/mol. The molecular formula is C14H22N2O. The Morgan fingerprint density at radius 1 is 1.24 bits per heavy atom. The van der Waals surface area contributed by atoms with Gasteiger partial charge in [-0.3, -0.25) is 0 Å². The molecule has 1 unspecified atom stereocenters. The molecule has 0 amide bonds. The van der Waals surface area contributed by atoms with E-state index in [-0.39, 0.29) is 6.04 Å². The average Bonchev–Trinajstić information content (AvgIpc) is 2.41. The molecule has 0 radical (unpaired) electrons. The highest BCUT2D eigenvalue weighted by Gasteiger charge is 2.09. The molecule has 0 aliphatic carbocycles. The number of hydrogen-bond donors (Lipinski definition) is 1. The second-order valence-electron chi connectivity index (χ2n) is 4.42. The Kier molecular flexibility index (Phi) is 6.33. The van der Waals surface area contributed by atoms with Crippen LogP contribution in [0.3, 0.4) is 0 Å². The van der Waals surface area contributed by atoms with Gasteiger partial charge in [0.1, 0.15) is 6.29 Å². The normalized spacial score (nSPS) is 18.8. The van der Waals surface area contributed by atoms with Crippen LogP contribution in [0.1, 0.15) is 19.3 Å². The maximum absolute atomic E-state index is 10.1. The predicted molar refractivity (Wildman–Crippen MR) is 72.5 cm³/mol. The van der Waals surface area contributed by atoms with Crippen molar-refractivity contribution in [2.24, 2.45) is 0 Å². The van der Waals surface area contributed by atoms with Gasteiger partial charge in [0.05, 0.1) is 6.04 Å². The van der Waals surface area contributed by atoms with Crippen LogP contribution in [0, 0.1) is 0 Å². The van der Waals surface area contributed by atoms with Gasteiger partial charge >= 0.3 is 0 Å². The lowest BCUT2D eigenvalue weighted by Crippen LogP contribution is -2.34. The third-order valence-electron chi connectivity index (χ3n) is 2.79.